The van der Waals surface area contributed by atoms with Crippen LogP contribution in [0.3, 0.4) is 0 Å². The Morgan fingerprint density at radius 1 is 0.733 bits per heavy atom. The van der Waals surface area contributed by atoms with Crippen LogP contribution in [-0.4, -0.2) is 171 Å². The first-order chi connectivity index (χ1) is 43.5. The van der Waals surface area contributed by atoms with Crippen LogP contribution in [0.1, 0.15) is 107 Å². The zero-order valence-electron chi connectivity index (χ0n) is 52.3. The van der Waals surface area contributed by atoms with Crippen LogP contribution in [0.5, 0.6) is 23.0 Å². The molecule has 4 atom stereocenters. The van der Waals surface area contributed by atoms with Crippen LogP contribution in [0, 0.1) is 11.8 Å². The molecule has 22 nitrogen and oxygen atoms in total. The van der Waals surface area contributed by atoms with E-state index in [1.54, 1.807) is 60.6 Å². The second-order valence-corrected chi connectivity index (χ2v) is 23.0. The number of ketones is 3. The smallest absolute Gasteiger partial charge is 0.421 e. The number of amides is 4. The van der Waals surface area contributed by atoms with Crippen LogP contribution in [0.15, 0.2) is 101 Å². The Morgan fingerprint density at radius 3 is 1.98 bits per heavy atom. The Kier molecular flexibility index (Phi) is 27.3. The number of aliphatic hydroxyl groups is 1. The third-order valence-corrected chi connectivity index (χ3v) is 16.2. The molecule has 90 heavy (non-hydrogen) atoms. The highest BCUT2D eigenvalue weighted by atomic mass is 127. The van der Waals surface area contributed by atoms with Crippen molar-refractivity contribution in [2.75, 3.05) is 89.6 Å². The Balaban J connectivity index is 0.890. The third-order valence-electron chi connectivity index (χ3n) is 15.3. The summed E-state index contributed by atoms with van der Waals surface area (Å²) < 4.78 is 53.6. The molecular weight excluding hydrogens is 1270 g/mol. The summed E-state index contributed by atoms with van der Waals surface area (Å²) in [4.78, 5) is 101. The van der Waals surface area contributed by atoms with Gasteiger partial charge in [0.15, 0.2) is 35.0 Å². The van der Waals surface area contributed by atoms with E-state index in [2.05, 4.69) is 32.9 Å². The minimum atomic E-state index is -1.01. The lowest BCUT2D eigenvalue weighted by molar-refractivity contribution is -0.482. The molecule has 0 radical (unpaired) electrons. The summed E-state index contributed by atoms with van der Waals surface area (Å²) in [5.41, 5.74) is 3.92. The fourth-order valence-corrected chi connectivity index (χ4v) is 10.8. The number of aliphatic imine (C=N–C) groups is 1. The van der Waals surface area contributed by atoms with Gasteiger partial charge >= 0.3 is 17.9 Å². The van der Waals surface area contributed by atoms with E-state index >= 15 is 0 Å². The third kappa shape index (κ3) is 19.2. The van der Waals surface area contributed by atoms with Crippen LogP contribution >= 0.6 is 22.6 Å². The van der Waals surface area contributed by atoms with Gasteiger partial charge in [0.1, 0.15) is 23.7 Å². The molecule has 0 spiro atoms. The fourth-order valence-electron chi connectivity index (χ4n) is 10.4. The number of hydrogen-bond acceptors (Lipinski definition) is 17. The molecule has 7 rings (SSSR count). The summed E-state index contributed by atoms with van der Waals surface area (Å²) in [6.07, 6.45) is 14.3. The normalized spacial score (nSPS) is 16.7. The summed E-state index contributed by atoms with van der Waals surface area (Å²) in [5, 5.41) is 14.7. The number of allylic oxidation sites excluding steroid dienone is 4. The minimum absolute atomic E-state index is 0.000205. The average Bonchev–Trinajstić information content (AvgIpc) is 1.62. The van der Waals surface area contributed by atoms with Crippen molar-refractivity contribution in [2.24, 2.45) is 16.8 Å². The molecule has 4 heterocycles. The highest BCUT2D eigenvalue weighted by molar-refractivity contribution is 14.1. The van der Waals surface area contributed by atoms with Gasteiger partial charge in [0.2, 0.25) is 11.9 Å². The van der Waals surface area contributed by atoms with Crippen molar-refractivity contribution in [2.45, 2.75) is 111 Å². The maximum atomic E-state index is 14.6. The zero-order valence-corrected chi connectivity index (χ0v) is 54.5. The van der Waals surface area contributed by atoms with E-state index in [0.29, 0.717) is 110 Å². The predicted molar refractivity (Wildman–Crippen MR) is 345 cm³/mol. The maximum absolute atomic E-state index is 14.6. The van der Waals surface area contributed by atoms with Crippen molar-refractivity contribution in [1.82, 2.24) is 10.2 Å². The fraction of sp³-hybridized carbons (Fsp3) is 0.478. The van der Waals surface area contributed by atoms with Crippen molar-refractivity contribution >= 4 is 87.2 Å². The summed E-state index contributed by atoms with van der Waals surface area (Å²) >= 11 is 2.06. The first-order valence-electron chi connectivity index (χ1n) is 30.4. The molecule has 4 aliphatic heterocycles. The first-order valence-corrected chi connectivity index (χ1v) is 31.9. The number of carbonyl (C=O) groups is 7. The maximum Gasteiger partial charge on any atom is 0.421 e. The molecule has 0 unspecified atom stereocenters. The molecule has 2 N–H and O–H groups in total. The number of methoxy groups -OCH3 is 2. The number of benzene rings is 3. The number of nitrogens with zero attached hydrogens (tertiary/aromatic N) is 4. The number of alkyl halides is 1. The van der Waals surface area contributed by atoms with Crippen molar-refractivity contribution in [3.8, 4) is 23.0 Å². The standard InChI is InChI=1S/C67H82IN5O17/c1-8-12-47-30-49-39-69-55-36-61(59(82-6)34-53(55)64(78)71(49)40-47)88-21-11-22-89-62-37-56-54(35-60(62)83-7)65(79)72-41-48(13-9-2)31-57(72)66(80)73(56)67(81)90-42-46-17-15-45(16-18-46)32-58(76)44(5)70-63(77)52(43(3)4)33-50(74)19-23-85-25-27-87-29-28-86-26-24-84-20-10-14-51(75)38-68/h8-9,12-13,15-18,34-37,39-41,43-44,49,52,57H,10-11,14,19-33,38,42H2,1-7H3,(H,70,77)/p+1/b12-8+,13-9+/t44-,49-,52-,57-/m0/s1. The van der Waals surface area contributed by atoms with E-state index in [1.807, 2.05) is 58.2 Å². The lowest BCUT2D eigenvalue weighted by atomic mass is 9.88. The van der Waals surface area contributed by atoms with Crippen LogP contribution in [0.4, 0.5) is 16.2 Å². The van der Waals surface area contributed by atoms with E-state index in [-0.39, 0.29) is 116 Å². The monoisotopic (exact) mass is 1360 g/mol. The molecule has 3 aromatic carbocycles. The van der Waals surface area contributed by atoms with Crippen LogP contribution in [-0.2, 0) is 60.7 Å². The molecule has 484 valence electrons. The second kappa shape index (κ2) is 35.1. The van der Waals surface area contributed by atoms with Crippen LogP contribution in [0.2, 0.25) is 0 Å². The van der Waals surface area contributed by atoms with Gasteiger partial charge in [-0.25, -0.2) is 9.69 Å². The van der Waals surface area contributed by atoms with Gasteiger partial charge in [-0.15, -0.1) is 0 Å². The van der Waals surface area contributed by atoms with E-state index in [1.165, 1.54) is 30.9 Å². The number of Topliss-reactive ketones (excluding diaryl/α,β-unsaturated/α-hetero) is 3. The number of carbonyl (C=O) groups excluding carboxylic acids is 7. The first kappa shape index (κ1) is 69.9. The van der Waals surface area contributed by atoms with Crippen LogP contribution < -0.4 is 29.2 Å². The second-order valence-electron chi connectivity index (χ2n) is 22.2. The molecule has 0 bridgehead atoms. The van der Waals surface area contributed by atoms with E-state index < -0.39 is 35.9 Å². The Hall–Kier alpha value is -7.58. The number of rotatable bonds is 37. The largest absolute Gasteiger partial charge is 0.493 e. The number of ether oxygens (including phenoxy) is 9. The number of nitrogens with one attached hydrogen (secondary N) is 1. The SMILES string of the molecule is C/C=C/C1=CN2C(=O)c3cc(OC)c(OCCCOc4cc5c(cc4OC)C(O)=[N+]4C=C(/C=C/C)C[C@H]4C(=O)N5C(=O)OCc4ccc(CC(=O)[C@H](C)NC(=O)[C@@H](CC(=O)CCOCCOCCOCCOCCCC(=O)CI)C(C)C)cc4)cc3N=C[C@@H]2C1. The Morgan fingerprint density at radius 2 is 1.34 bits per heavy atom. The average molecular weight is 1360 g/mol. The number of halogens is 1. The number of aliphatic hydroxyl groups excluding tert-OH is 1. The predicted octanol–water partition coefficient (Wildman–Crippen LogP) is 9.26. The topological polar surface area (TPSA) is 257 Å². The molecule has 0 aliphatic carbocycles. The van der Waals surface area contributed by atoms with Gasteiger partial charge in [-0.05, 0) is 62.3 Å². The number of imide groups is 1. The lowest BCUT2D eigenvalue weighted by Crippen LogP contribution is -2.45. The molecule has 23 heteroatoms. The Labute approximate surface area is 539 Å². The molecule has 0 saturated carbocycles. The summed E-state index contributed by atoms with van der Waals surface area (Å²) in [5.74, 6) is -1.41. The van der Waals surface area contributed by atoms with Gasteiger partial charge in [0, 0.05) is 80.8 Å². The quantitative estimate of drug-likeness (QED) is 0.0236. The summed E-state index contributed by atoms with van der Waals surface area (Å²) in [6, 6.07) is 11.0. The van der Waals surface area contributed by atoms with Gasteiger partial charge in [-0.1, -0.05) is 85.0 Å². The van der Waals surface area contributed by atoms with Gasteiger partial charge in [0.05, 0.1) is 114 Å². The number of fused-ring (bicyclic) bond motifs is 4. The van der Waals surface area contributed by atoms with Crippen molar-refractivity contribution in [1.29, 1.82) is 0 Å². The molecular formula is C67H83IN5O17+. The molecule has 0 saturated heterocycles. The van der Waals surface area contributed by atoms with E-state index in [4.69, 9.17) is 42.6 Å². The van der Waals surface area contributed by atoms with Crippen molar-refractivity contribution in [3.05, 3.63) is 119 Å². The van der Waals surface area contributed by atoms with Gasteiger partial charge < -0.3 is 58.0 Å². The van der Waals surface area contributed by atoms with E-state index in [9.17, 15) is 38.7 Å². The van der Waals surface area contributed by atoms with Crippen molar-refractivity contribution in [3.63, 3.8) is 0 Å². The van der Waals surface area contributed by atoms with Gasteiger partial charge in [-0.2, -0.15) is 4.58 Å². The molecule has 0 aromatic heterocycles. The highest BCUT2D eigenvalue weighted by Crippen LogP contribution is 2.41. The number of hydrogen-bond donors (Lipinski definition) is 2. The molecule has 4 amide bonds. The highest BCUT2D eigenvalue weighted by Gasteiger charge is 2.48. The lowest BCUT2D eigenvalue weighted by Gasteiger charge is -2.22. The summed E-state index contributed by atoms with van der Waals surface area (Å²) in [7, 11) is 2.93. The molecule has 0 fully saturated rings. The zero-order chi connectivity index (χ0) is 64.7. The summed E-state index contributed by atoms with van der Waals surface area (Å²) in [6.45, 7) is 12.0. The number of anilines is 1. The minimum Gasteiger partial charge on any atom is -0.493 e. The molecule has 3 aromatic rings. The van der Waals surface area contributed by atoms with Gasteiger partial charge in [-0.3, -0.25) is 33.8 Å². The van der Waals surface area contributed by atoms with Gasteiger partial charge in [0.25, 0.3) is 5.91 Å². The molecule has 4 aliphatic rings. The van der Waals surface area contributed by atoms with E-state index in [0.717, 1.165) is 16.0 Å². The van der Waals surface area contributed by atoms with Crippen molar-refractivity contribution < 1.29 is 85.9 Å². The Bertz CT molecular complexity index is 3240. The van der Waals surface area contributed by atoms with Crippen LogP contribution in [0.25, 0.3) is 0 Å².